The molecule has 7 nitrogen and oxygen atoms in total. The predicted molar refractivity (Wildman–Crippen MR) is 141 cm³/mol. The molecule has 1 fully saturated rings. The molecule has 40 heavy (non-hydrogen) atoms. The zero-order chi connectivity index (χ0) is 28.4. The number of hydrogen-bond donors (Lipinski definition) is 0. The molecule has 2 aromatic carbocycles. The molecule has 12 heteroatoms. The highest BCUT2D eigenvalue weighted by Gasteiger charge is 2.44. The molecule has 0 bridgehead atoms. The van der Waals surface area contributed by atoms with E-state index in [1.807, 2.05) is 4.68 Å². The van der Waals surface area contributed by atoms with Gasteiger partial charge in [-0.1, -0.05) is 12.1 Å². The van der Waals surface area contributed by atoms with Gasteiger partial charge in [0.05, 0.1) is 41.9 Å². The molecule has 1 unspecified atom stereocenters. The van der Waals surface area contributed by atoms with Gasteiger partial charge in [0.25, 0.3) is 0 Å². The van der Waals surface area contributed by atoms with E-state index < -0.39 is 25.0 Å². The van der Waals surface area contributed by atoms with Crippen LogP contribution in [0.25, 0.3) is 5.69 Å². The van der Waals surface area contributed by atoms with E-state index in [0.717, 1.165) is 27.1 Å². The van der Waals surface area contributed by atoms with E-state index >= 15 is 0 Å². The lowest BCUT2D eigenvalue weighted by Gasteiger charge is -2.32. The zero-order valence-corrected chi connectivity index (χ0v) is 23.3. The molecular formula is C28H28BrF4N3O4. The first-order valence-corrected chi connectivity index (χ1v) is 13.7. The Morgan fingerprint density at radius 3 is 2.52 bits per heavy atom. The lowest BCUT2D eigenvalue weighted by molar-refractivity contribution is -0.220. The molecule has 1 saturated heterocycles. The van der Waals surface area contributed by atoms with Gasteiger partial charge < -0.3 is 19.1 Å². The second-order valence-corrected chi connectivity index (χ2v) is 10.7. The third-order valence-electron chi connectivity index (χ3n) is 7.29. The Balaban J connectivity index is 1.17. The van der Waals surface area contributed by atoms with Crippen LogP contribution >= 0.6 is 15.9 Å². The van der Waals surface area contributed by atoms with Gasteiger partial charge in [0.2, 0.25) is 6.10 Å². The first-order valence-electron chi connectivity index (χ1n) is 12.9. The highest BCUT2D eigenvalue weighted by Crippen LogP contribution is 2.38. The third-order valence-corrected chi connectivity index (χ3v) is 8.15. The zero-order valence-electron chi connectivity index (χ0n) is 21.7. The van der Waals surface area contributed by atoms with Crippen molar-refractivity contribution in [3.63, 3.8) is 0 Å². The van der Waals surface area contributed by atoms with E-state index in [-0.39, 0.29) is 31.4 Å². The van der Waals surface area contributed by atoms with Crippen molar-refractivity contribution in [2.24, 2.45) is 0 Å². The minimum Gasteiger partial charge on any atom is -0.497 e. The Bertz CT molecular complexity index is 1350. The maximum atomic E-state index is 13.7. The lowest BCUT2D eigenvalue weighted by Crippen LogP contribution is -2.44. The van der Waals surface area contributed by atoms with Crippen LogP contribution in [0.1, 0.15) is 41.3 Å². The summed E-state index contributed by atoms with van der Waals surface area (Å²) in [6.45, 7) is -0.410. The molecule has 3 aromatic rings. The fraction of sp³-hybridized carbons (Fsp3) is 0.429. The van der Waals surface area contributed by atoms with E-state index in [0.29, 0.717) is 37.0 Å². The maximum Gasteiger partial charge on any atom is 0.427 e. The first kappa shape index (κ1) is 28.4. The van der Waals surface area contributed by atoms with Crippen LogP contribution < -0.4 is 4.74 Å². The van der Waals surface area contributed by atoms with Gasteiger partial charge in [0.1, 0.15) is 11.6 Å². The van der Waals surface area contributed by atoms with Gasteiger partial charge in [-0.3, -0.25) is 0 Å². The van der Waals surface area contributed by atoms with Gasteiger partial charge in [0, 0.05) is 19.0 Å². The summed E-state index contributed by atoms with van der Waals surface area (Å²) in [6.07, 6.45) is -5.73. The Labute approximate surface area is 237 Å². The number of carbonyl (C=O) groups excluding carboxylic acids is 1. The van der Waals surface area contributed by atoms with Gasteiger partial charge in [-0.15, -0.1) is 0 Å². The highest BCUT2D eigenvalue weighted by molar-refractivity contribution is 9.10. The van der Waals surface area contributed by atoms with Crippen LogP contribution in [0.3, 0.4) is 0 Å². The molecule has 5 rings (SSSR count). The van der Waals surface area contributed by atoms with Crippen LogP contribution in [-0.4, -0.2) is 59.9 Å². The van der Waals surface area contributed by atoms with Gasteiger partial charge >= 0.3 is 12.3 Å². The summed E-state index contributed by atoms with van der Waals surface area (Å²) in [4.78, 5) is 14.0. The van der Waals surface area contributed by atoms with Crippen LogP contribution in [0, 0.1) is 5.82 Å². The van der Waals surface area contributed by atoms with E-state index in [1.165, 1.54) is 24.1 Å². The predicted octanol–water partition coefficient (Wildman–Crippen LogP) is 6.34. The average Bonchev–Trinajstić information content (AvgIpc) is 3.28. The highest BCUT2D eigenvalue weighted by atomic mass is 79.9. The van der Waals surface area contributed by atoms with Crippen molar-refractivity contribution in [3.8, 4) is 11.4 Å². The number of carbonyl (C=O) groups is 1. The molecule has 1 amide bonds. The van der Waals surface area contributed by atoms with Gasteiger partial charge in [-0.2, -0.15) is 18.3 Å². The fourth-order valence-electron chi connectivity index (χ4n) is 5.08. The van der Waals surface area contributed by atoms with E-state index in [2.05, 4.69) is 15.9 Å². The summed E-state index contributed by atoms with van der Waals surface area (Å²) in [7, 11) is 1.52. The normalized spacial score (nSPS) is 16.3. The molecule has 2 aliphatic heterocycles. The number of benzene rings is 2. The minimum absolute atomic E-state index is 0.00617. The lowest BCUT2D eigenvalue weighted by atomic mass is 9.93. The first-order chi connectivity index (χ1) is 19.1. The number of fused-ring (bicyclic) bond motifs is 3. The average molecular weight is 626 g/mol. The Morgan fingerprint density at radius 1 is 1.12 bits per heavy atom. The van der Waals surface area contributed by atoms with Crippen molar-refractivity contribution in [3.05, 3.63) is 75.3 Å². The Kier molecular flexibility index (Phi) is 8.37. The molecule has 0 radical (unpaired) electrons. The molecule has 1 aromatic heterocycles. The van der Waals surface area contributed by atoms with Crippen molar-refractivity contribution in [1.82, 2.24) is 14.7 Å². The number of ether oxygens (including phenoxy) is 3. The number of alkyl halides is 3. The van der Waals surface area contributed by atoms with E-state index in [9.17, 15) is 22.4 Å². The van der Waals surface area contributed by atoms with Crippen molar-refractivity contribution >= 4 is 22.0 Å². The summed E-state index contributed by atoms with van der Waals surface area (Å²) in [5.41, 5.74) is 4.22. The minimum atomic E-state index is -4.77. The molecular weight excluding hydrogens is 598 g/mol. The molecule has 0 aliphatic carbocycles. The number of hydrogen-bond acceptors (Lipinski definition) is 5. The molecule has 0 N–H and O–H groups in total. The van der Waals surface area contributed by atoms with E-state index in [4.69, 9.17) is 19.3 Å². The number of methoxy groups -OCH3 is 1. The molecule has 0 spiro atoms. The standard InChI is InChI=1S/C28H28BrF4N3O4/c1-38-21-6-2-17(3-7-21)15-39-16-24(28(31,32)33)40-27(37)35-12-10-18(11-13-35)26-25(29)23-8-4-19-14-20(30)5-9-22(19)36(23)34-26/h2-3,5-7,9,14,18,24H,4,8,10-13,15-16H2,1H3. The van der Waals surface area contributed by atoms with Gasteiger partial charge in [0.15, 0.2) is 0 Å². The summed E-state index contributed by atoms with van der Waals surface area (Å²) in [5, 5.41) is 4.80. The number of aromatic nitrogens is 2. The smallest absolute Gasteiger partial charge is 0.427 e. The van der Waals surface area contributed by atoms with Crippen molar-refractivity contribution in [2.45, 2.75) is 50.5 Å². The second kappa shape index (κ2) is 11.8. The number of amides is 1. The van der Waals surface area contributed by atoms with Crippen molar-refractivity contribution in [1.29, 1.82) is 0 Å². The summed E-state index contributed by atoms with van der Waals surface area (Å²) < 4.78 is 72.4. The second-order valence-electron chi connectivity index (χ2n) is 9.87. The van der Waals surface area contributed by atoms with Crippen LogP contribution in [0.5, 0.6) is 5.75 Å². The summed E-state index contributed by atoms with van der Waals surface area (Å²) in [5.74, 6) is 0.340. The van der Waals surface area contributed by atoms with Crippen molar-refractivity contribution in [2.75, 3.05) is 26.8 Å². The maximum absolute atomic E-state index is 13.7. The van der Waals surface area contributed by atoms with Crippen molar-refractivity contribution < 1.29 is 36.6 Å². The molecule has 214 valence electrons. The van der Waals surface area contributed by atoms with Crippen LogP contribution in [0.2, 0.25) is 0 Å². The fourth-order valence-corrected chi connectivity index (χ4v) is 5.84. The van der Waals surface area contributed by atoms with Crippen LogP contribution in [0.15, 0.2) is 46.9 Å². The van der Waals surface area contributed by atoms with Crippen LogP contribution in [-0.2, 0) is 28.9 Å². The largest absolute Gasteiger partial charge is 0.497 e. The summed E-state index contributed by atoms with van der Waals surface area (Å²) >= 11 is 3.68. The number of likely N-dealkylation sites (tertiary alicyclic amines) is 1. The molecule has 2 aliphatic rings. The SMILES string of the molecule is COc1ccc(COCC(OC(=O)N2CCC(c3nn4c(c3Br)CCc3cc(F)ccc3-4)CC2)C(F)(F)F)cc1. The quantitative estimate of drug-likeness (QED) is 0.287. The summed E-state index contributed by atoms with van der Waals surface area (Å²) in [6, 6.07) is 11.4. The Hall–Kier alpha value is -3.12. The monoisotopic (exact) mass is 625 g/mol. The topological polar surface area (TPSA) is 65.8 Å². The van der Waals surface area contributed by atoms with Crippen LogP contribution in [0.4, 0.5) is 22.4 Å². The number of rotatable bonds is 7. The Morgan fingerprint density at radius 2 is 1.85 bits per heavy atom. The van der Waals surface area contributed by atoms with E-state index in [1.54, 1.807) is 30.3 Å². The number of piperidine rings is 1. The number of halogens is 5. The molecule has 1 atom stereocenters. The van der Waals surface area contributed by atoms with Gasteiger partial charge in [-0.25, -0.2) is 13.9 Å². The molecule has 0 saturated carbocycles. The number of nitrogens with zero attached hydrogens (tertiary/aromatic N) is 3. The van der Waals surface area contributed by atoms with Gasteiger partial charge in [-0.05, 0) is 83.1 Å². The number of aryl methyl sites for hydroxylation is 1. The molecule has 3 heterocycles. The third kappa shape index (κ3) is 6.12.